The Kier molecular flexibility index (Phi) is 4.58. The minimum atomic E-state index is -0.325. The van der Waals surface area contributed by atoms with Crippen molar-refractivity contribution in [2.75, 3.05) is 11.5 Å². The Labute approximate surface area is 117 Å². The number of H-pyrrole nitrogens is 1. The van der Waals surface area contributed by atoms with Crippen molar-refractivity contribution in [3.8, 4) is 0 Å². The molecular formula is C11H12N4O2S2. The molecule has 0 aromatic carbocycles. The Morgan fingerprint density at radius 2 is 2.42 bits per heavy atom. The monoisotopic (exact) mass is 296 g/mol. The van der Waals surface area contributed by atoms with E-state index in [-0.39, 0.29) is 23.0 Å². The van der Waals surface area contributed by atoms with Crippen LogP contribution in [0.1, 0.15) is 4.88 Å². The van der Waals surface area contributed by atoms with Gasteiger partial charge in [0.05, 0.1) is 12.3 Å². The number of nitrogens with one attached hydrogen (secondary N) is 2. The average Bonchev–Trinajstić information content (AvgIpc) is 2.86. The molecule has 6 nitrogen and oxygen atoms in total. The number of thiophene rings is 1. The standard InChI is InChI=1S/C11H12N4O2S2/c12-8-4-9(16)15-11(14-8)19-6-10(17)13-5-7-2-1-3-18-7/h1-4H,5-6H2,(H,13,17)(H3,12,14,15,16). The van der Waals surface area contributed by atoms with Crippen molar-refractivity contribution in [2.45, 2.75) is 11.7 Å². The highest BCUT2D eigenvalue weighted by molar-refractivity contribution is 7.99. The van der Waals surface area contributed by atoms with Crippen molar-refractivity contribution >= 4 is 34.8 Å². The third kappa shape index (κ3) is 4.42. The van der Waals surface area contributed by atoms with E-state index >= 15 is 0 Å². The van der Waals surface area contributed by atoms with Crippen molar-refractivity contribution in [3.05, 3.63) is 38.8 Å². The topological polar surface area (TPSA) is 101 Å². The first-order valence-corrected chi connectivity index (χ1v) is 7.29. The van der Waals surface area contributed by atoms with Crippen molar-refractivity contribution in [1.29, 1.82) is 0 Å². The van der Waals surface area contributed by atoms with Crippen molar-refractivity contribution < 1.29 is 4.79 Å². The van der Waals surface area contributed by atoms with Crippen LogP contribution in [0.15, 0.2) is 33.5 Å². The molecule has 19 heavy (non-hydrogen) atoms. The van der Waals surface area contributed by atoms with E-state index in [4.69, 9.17) is 5.73 Å². The molecule has 1 amide bonds. The molecule has 8 heteroatoms. The van der Waals surface area contributed by atoms with Gasteiger partial charge in [0.2, 0.25) is 5.91 Å². The van der Waals surface area contributed by atoms with E-state index in [1.165, 1.54) is 6.07 Å². The molecule has 0 unspecified atom stereocenters. The number of aromatic amines is 1. The lowest BCUT2D eigenvalue weighted by molar-refractivity contribution is -0.118. The maximum atomic E-state index is 11.6. The molecule has 2 rings (SSSR count). The third-order valence-corrected chi connectivity index (χ3v) is 3.87. The Morgan fingerprint density at radius 1 is 1.58 bits per heavy atom. The zero-order valence-corrected chi connectivity index (χ0v) is 11.5. The molecule has 0 saturated carbocycles. The zero-order chi connectivity index (χ0) is 13.7. The van der Waals surface area contributed by atoms with E-state index in [2.05, 4.69) is 15.3 Å². The van der Waals surface area contributed by atoms with E-state index in [1.807, 2.05) is 17.5 Å². The van der Waals surface area contributed by atoms with Crippen molar-refractivity contribution in [1.82, 2.24) is 15.3 Å². The van der Waals surface area contributed by atoms with Gasteiger partial charge < -0.3 is 16.0 Å². The van der Waals surface area contributed by atoms with Crippen molar-refractivity contribution in [2.24, 2.45) is 0 Å². The van der Waals surface area contributed by atoms with E-state index in [9.17, 15) is 9.59 Å². The number of hydrogen-bond donors (Lipinski definition) is 3. The summed E-state index contributed by atoms with van der Waals surface area (Å²) >= 11 is 2.72. The van der Waals surface area contributed by atoms with Crippen LogP contribution in [-0.2, 0) is 11.3 Å². The van der Waals surface area contributed by atoms with Crippen LogP contribution in [-0.4, -0.2) is 21.6 Å². The maximum Gasteiger partial charge on any atom is 0.253 e. The van der Waals surface area contributed by atoms with Crippen LogP contribution >= 0.6 is 23.1 Å². The smallest absolute Gasteiger partial charge is 0.253 e. The quantitative estimate of drug-likeness (QED) is 0.560. The van der Waals surface area contributed by atoms with Crippen LogP contribution in [0, 0.1) is 0 Å². The van der Waals surface area contributed by atoms with Gasteiger partial charge in [-0.15, -0.1) is 11.3 Å². The highest BCUT2D eigenvalue weighted by atomic mass is 32.2. The number of nitrogens with zero attached hydrogens (tertiary/aromatic N) is 1. The fourth-order valence-corrected chi connectivity index (χ4v) is 2.66. The van der Waals surface area contributed by atoms with Gasteiger partial charge in [-0.3, -0.25) is 9.59 Å². The fraction of sp³-hybridized carbons (Fsp3) is 0.182. The van der Waals surface area contributed by atoms with E-state index in [0.717, 1.165) is 16.6 Å². The first-order chi connectivity index (χ1) is 9.13. The molecular weight excluding hydrogens is 284 g/mol. The Balaban J connectivity index is 1.81. The van der Waals surface area contributed by atoms with Crippen LogP contribution in [0.25, 0.3) is 0 Å². The van der Waals surface area contributed by atoms with E-state index < -0.39 is 0 Å². The molecule has 0 aliphatic carbocycles. The molecule has 0 aliphatic heterocycles. The van der Waals surface area contributed by atoms with Gasteiger partial charge in [-0.1, -0.05) is 17.8 Å². The number of hydrogen-bond acceptors (Lipinski definition) is 6. The predicted molar refractivity (Wildman–Crippen MR) is 76.2 cm³/mol. The molecule has 0 atom stereocenters. The van der Waals surface area contributed by atoms with Gasteiger partial charge in [0.15, 0.2) is 5.16 Å². The maximum absolute atomic E-state index is 11.6. The fourth-order valence-electron chi connectivity index (χ4n) is 1.31. The molecule has 0 bridgehead atoms. The second-order valence-corrected chi connectivity index (χ2v) is 5.62. The van der Waals surface area contributed by atoms with Crippen LogP contribution in [0.4, 0.5) is 5.82 Å². The predicted octanol–water partition coefficient (Wildman–Crippen LogP) is 0.822. The summed E-state index contributed by atoms with van der Waals surface area (Å²) in [4.78, 5) is 30.3. The molecule has 100 valence electrons. The summed E-state index contributed by atoms with van der Waals surface area (Å²) in [7, 11) is 0. The molecule has 0 saturated heterocycles. The largest absolute Gasteiger partial charge is 0.383 e. The van der Waals surface area contributed by atoms with Gasteiger partial charge in [-0.25, -0.2) is 4.98 Å². The first-order valence-electron chi connectivity index (χ1n) is 5.42. The lowest BCUT2D eigenvalue weighted by Crippen LogP contribution is -2.24. The van der Waals surface area contributed by atoms with Crippen LogP contribution < -0.4 is 16.6 Å². The summed E-state index contributed by atoms with van der Waals surface area (Å²) in [5.41, 5.74) is 5.12. The molecule has 2 aromatic heterocycles. The highest BCUT2D eigenvalue weighted by Gasteiger charge is 2.05. The summed E-state index contributed by atoms with van der Waals surface area (Å²) in [6, 6.07) is 5.08. The van der Waals surface area contributed by atoms with Gasteiger partial charge in [0.1, 0.15) is 5.82 Å². The van der Waals surface area contributed by atoms with Crippen LogP contribution in [0.5, 0.6) is 0 Å². The molecule has 0 fully saturated rings. The zero-order valence-electron chi connectivity index (χ0n) is 9.88. The molecule has 0 spiro atoms. The minimum absolute atomic E-state index is 0.122. The number of aromatic nitrogens is 2. The average molecular weight is 296 g/mol. The second kappa shape index (κ2) is 6.39. The van der Waals surface area contributed by atoms with Crippen molar-refractivity contribution in [3.63, 3.8) is 0 Å². The van der Waals surface area contributed by atoms with Gasteiger partial charge in [0, 0.05) is 10.9 Å². The van der Waals surface area contributed by atoms with Gasteiger partial charge in [0.25, 0.3) is 5.56 Å². The third-order valence-electron chi connectivity index (χ3n) is 2.12. The van der Waals surface area contributed by atoms with Gasteiger partial charge in [-0.05, 0) is 11.4 Å². The van der Waals surface area contributed by atoms with E-state index in [0.29, 0.717) is 11.7 Å². The summed E-state index contributed by atoms with van der Waals surface area (Å²) in [6.07, 6.45) is 0. The number of nitrogen functional groups attached to an aromatic ring is 1. The number of thioether (sulfide) groups is 1. The SMILES string of the molecule is Nc1cc(=O)[nH]c(SCC(=O)NCc2cccs2)n1. The lowest BCUT2D eigenvalue weighted by atomic mass is 10.4. The number of carbonyl (C=O) groups excluding carboxylic acids is 1. The number of amides is 1. The Hall–Kier alpha value is -1.80. The molecule has 4 N–H and O–H groups in total. The number of rotatable bonds is 5. The van der Waals surface area contributed by atoms with Gasteiger partial charge >= 0.3 is 0 Å². The molecule has 0 aliphatic rings. The number of carbonyl (C=O) groups is 1. The minimum Gasteiger partial charge on any atom is -0.383 e. The first kappa shape index (κ1) is 13.6. The Morgan fingerprint density at radius 3 is 3.11 bits per heavy atom. The lowest BCUT2D eigenvalue weighted by Gasteiger charge is -2.03. The molecule has 0 radical (unpaired) electrons. The summed E-state index contributed by atoms with van der Waals surface area (Å²) in [6.45, 7) is 0.512. The Bertz CT molecular complexity index is 609. The summed E-state index contributed by atoms with van der Waals surface area (Å²) in [5.74, 6) is 0.200. The number of anilines is 1. The molecule has 2 heterocycles. The van der Waals surface area contributed by atoms with Crippen LogP contribution in [0.3, 0.4) is 0 Å². The highest BCUT2D eigenvalue weighted by Crippen LogP contribution is 2.12. The van der Waals surface area contributed by atoms with Gasteiger partial charge in [-0.2, -0.15) is 0 Å². The normalized spacial score (nSPS) is 10.3. The summed E-state index contributed by atoms with van der Waals surface area (Å²) in [5, 5.41) is 5.08. The molecule has 2 aromatic rings. The second-order valence-electron chi connectivity index (χ2n) is 3.62. The van der Waals surface area contributed by atoms with Crippen LogP contribution in [0.2, 0.25) is 0 Å². The summed E-state index contributed by atoms with van der Waals surface area (Å²) < 4.78 is 0. The van der Waals surface area contributed by atoms with E-state index in [1.54, 1.807) is 11.3 Å². The number of nitrogens with two attached hydrogens (primary N) is 1.